The molecule has 0 unspecified atom stereocenters. The normalized spacial score (nSPS) is 10.9. The van der Waals surface area contributed by atoms with Crippen molar-refractivity contribution in [1.29, 1.82) is 0 Å². The molecule has 0 aliphatic carbocycles. The Morgan fingerprint density at radius 1 is 1.03 bits per heavy atom. The summed E-state index contributed by atoms with van der Waals surface area (Å²) in [4.78, 5) is 37.6. The maximum absolute atomic E-state index is 12.7. The molecule has 2 aromatic carbocycles. The number of nitrogens with zero attached hydrogens (tertiary/aromatic N) is 1. The van der Waals surface area contributed by atoms with E-state index in [1.807, 2.05) is 68.4 Å². The van der Waals surface area contributed by atoms with Gasteiger partial charge in [-0.1, -0.05) is 60.1 Å². The number of ketones is 1. The van der Waals surface area contributed by atoms with Crippen molar-refractivity contribution in [3.63, 3.8) is 0 Å². The van der Waals surface area contributed by atoms with Gasteiger partial charge in [-0.15, -0.1) is 11.3 Å². The highest BCUT2D eigenvalue weighted by Gasteiger charge is 2.20. The maximum atomic E-state index is 12.7. The van der Waals surface area contributed by atoms with Gasteiger partial charge in [0.2, 0.25) is 5.78 Å². The molecule has 6 nitrogen and oxygen atoms in total. The first-order valence-corrected chi connectivity index (χ1v) is 11.9. The summed E-state index contributed by atoms with van der Waals surface area (Å²) in [6, 6.07) is 19.2. The minimum absolute atomic E-state index is 0.292. The van der Waals surface area contributed by atoms with Crippen LogP contribution >= 0.6 is 22.9 Å². The molecule has 0 spiro atoms. The average molecular weight is 495 g/mol. The van der Waals surface area contributed by atoms with Crippen LogP contribution in [0.15, 0.2) is 60.7 Å². The Morgan fingerprint density at radius 3 is 2.47 bits per heavy atom. The second-order valence-electron chi connectivity index (χ2n) is 7.86. The summed E-state index contributed by atoms with van der Waals surface area (Å²) >= 11 is 7.56. The zero-order valence-corrected chi connectivity index (χ0v) is 20.3. The number of carbonyl (C=O) groups excluding carboxylic acids is 3. The molecule has 8 heteroatoms. The van der Waals surface area contributed by atoms with Crippen LogP contribution in [0.5, 0.6) is 0 Å². The lowest BCUT2D eigenvalue weighted by molar-refractivity contribution is -0.141. The Kier molecular flexibility index (Phi) is 7.14. The lowest BCUT2D eigenvalue weighted by Crippen LogP contribution is -2.31. The number of fused-ring (bicyclic) bond motifs is 1. The molecular formula is C26H23ClN2O4S. The fourth-order valence-corrected chi connectivity index (χ4v) is 5.19. The number of Topliss-reactive ketones (excluding diaryl/α,β-unsaturated/α-hetero) is 1. The third-order valence-corrected chi connectivity index (χ3v) is 7.23. The number of aromatic nitrogens is 1. The lowest BCUT2D eigenvalue weighted by Gasteiger charge is -2.10. The number of benzene rings is 2. The van der Waals surface area contributed by atoms with Gasteiger partial charge >= 0.3 is 5.97 Å². The maximum Gasteiger partial charge on any atom is 0.325 e. The molecule has 1 N–H and O–H groups in total. The number of halogens is 1. The summed E-state index contributed by atoms with van der Waals surface area (Å²) in [6.07, 6.45) is 0. The number of nitrogens with one attached hydrogen (secondary N) is 1. The Labute approximate surface area is 206 Å². The zero-order chi connectivity index (χ0) is 24.2. The van der Waals surface area contributed by atoms with E-state index in [1.54, 1.807) is 6.07 Å². The van der Waals surface area contributed by atoms with Gasteiger partial charge in [0.1, 0.15) is 11.4 Å². The first-order chi connectivity index (χ1) is 16.3. The number of carbonyl (C=O) groups is 3. The van der Waals surface area contributed by atoms with Gasteiger partial charge in [0, 0.05) is 33.6 Å². The van der Waals surface area contributed by atoms with Gasteiger partial charge < -0.3 is 14.6 Å². The highest BCUT2D eigenvalue weighted by Crippen LogP contribution is 2.34. The van der Waals surface area contributed by atoms with E-state index in [2.05, 4.69) is 9.88 Å². The van der Waals surface area contributed by atoms with Crippen molar-refractivity contribution < 1.29 is 19.1 Å². The second kappa shape index (κ2) is 10.2. The number of aryl methyl sites for hydroxylation is 1. The van der Waals surface area contributed by atoms with Crippen LogP contribution in [0.2, 0.25) is 5.02 Å². The van der Waals surface area contributed by atoms with E-state index in [0.717, 1.165) is 27.0 Å². The van der Waals surface area contributed by atoms with E-state index in [9.17, 15) is 14.4 Å². The van der Waals surface area contributed by atoms with E-state index in [-0.39, 0.29) is 12.3 Å². The van der Waals surface area contributed by atoms with Crippen LogP contribution in [0.25, 0.3) is 10.1 Å². The third kappa shape index (κ3) is 5.05. The quantitative estimate of drug-likeness (QED) is 0.270. The molecule has 0 saturated carbocycles. The van der Waals surface area contributed by atoms with Gasteiger partial charge in [0.05, 0.1) is 5.02 Å². The zero-order valence-electron chi connectivity index (χ0n) is 18.8. The largest absolute Gasteiger partial charge is 0.456 e. The van der Waals surface area contributed by atoms with Crippen molar-refractivity contribution in [3.05, 3.63) is 93.1 Å². The number of amides is 1. The van der Waals surface area contributed by atoms with Crippen LogP contribution in [0.1, 0.15) is 37.0 Å². The molecule has 0 bridgehead atoms. The Balaban J connectivity index is 1.32. The lowest BCUT2D eigenvalue weighted by atomic mass is 10.1. The predicted molar refractivity (Wildman–Crippen MR) is 134 cm³/mol. The minimum atomic E-state index is -0.697. The van der Waals surface area contributed by atoms with E-state index < -0.39 is 18.5 Å². The molecule has 0 aliphatic heterocycles. The van der Waals surface area contributed by atoms with Crippen LogP contribution in [-0.4, -0.2) is 35.4 Å². The second-order valence-corrected chi connectivity index (χ2v) is 9.29. The molecule has 0 fully saturated rings. The Hall–Kier alpha value is -3.42. The summed E-state index contributed by atoms with van der Waals surface area (Å²) in [5, 5.41) is 3.66. The van der Waals surface area contributed by atoms with E-state index in [1.165, 1.54) is 11.3 Å². The average Bonchev–Trinajstić information content (AvgIpc) is 3.33. The van der Waals surface area contributed by atoms with Gasteiger partial charge in [0.25, 0.3) is 5.91 Å². The predicted octanol–water partition coefficient (Wildman–Crippen LogP) is 5.18. The molecule has 2 heterocycles. The fourth-order valence-electron chi connectivity index (χ4n) is 3.76. The van der Waals surface area contributed by atoms with E-state index in [0.29, 0.717) is 22.0 Å². The van der Waals surface area contributed by atoms with Gasteiger partial charge in [-0.25, -0.2) is 0 Å². The van der Waals surface area contributed by atoms with Crippen molar-refractivity contribution >= 4 is 50.7 Å². The van der Waals surface area contributed by atoms with Crippen molar-refractivity contribution in [1.82, 2.24) is 9.88 Å². The first kappa shape index (κ1) is 23.7. The highest BCUT2D eigenvalue weighted by atomic mass is 35.5. The molecule has 0 aliphatic rings. The van der Waals surface area contributed by atoms with Gasteiger partial charge in [-0.2, -0.15) is 0 Å². The number of esters is 1. The number of hydrogen-bond acceptors (Lipinski definition) is 5. The molecule has 1 amide bonds. The van der Waals surface area contributed by atoms with Crippen LogP contribution < -0.4 is 5.32 Å². The van der Waals surface area contributed by atoms with Crippen molar-refractivity contribution in [2.75, 3.05) is 13.2 Å². The van der Waals surface area contributed by atoms with Crippen LogP contribution in [0.4, 0.5) is 0 Å². The summed E-state index contributed by atoms with van der Waals surface area (Å²) in [5.41, 5.74) is 3.41. The smallest absolute Gasteiger partial charge is 0.325 e. The molecule has 4 rings (SSSR count). The molecule has 0 radical (unpaired) electrons. The summed E-state index contributed by atoms with van der Waals surface area (Å²) in [5.74, 6) is -1.45. The fraction of sp³-hybridized carbons (Fsp3) is 0.192. The Morgan fingerprint density at radius 2 is 1.74 bits per heavy atom. The monoisotopic (exact) mass is 494 g/mol. The summed E-state index contributed by atoms with van der Waals surface area (Å²) in [6.45, 7) is 3.71. The summed E-state index contributed by atoms with van der Waals surface area (Å²) in [7, 11) is 0. The van der Waals surface area contributed by atoms with Gasteiger partial charge in [-0.3, -0.25) is 14.4 Å². The van der Waals surface area contributed by atoms with Gasteiger partial charge in [0.15, 0.2) is 6.61 Å². The topological polar surface area (TPSA) is 77.4 Å². The molecular weight excluding hydrogens is 472 g/mol. The SMILES string of the molecule is Cc1cc(C(=O)COC(=O)CNC(=O)c2sc3ccccc3c2Cl)c(C)n1Cc1ccccc1. The number of hydrogen-bond donors (Lipinski definition) is 1. The molecule has 34 heavy (non-hydrogen) atoms. The molecule has 174 valence electrons. The van der Waals surface area contributed by atoms with Crippen molar-refractivity contribution in [3.8, 4) is 0 Å². The standard InChI is InChI=1S/C26H23ClN2O4S/c1-16-12-20(17(2)29(16)14-18-8-4-3-5-9-18)21(30)15-33-23(31)13-28-26(32)25-24(27)19-10-6-7-11-22(19)34-25/h3-12H,13-15H2,1-2H3,(H,28,32). The van der Waals surface area contributed by atoms with Crippen molar-refractivity contribution in [2.45, 2.75) is 20.4 Å². The number of thiophene rings is 1. The van der Waals surface area contributed by atoms with Crippen LogP contribution in [0.3, 0.4) is 0 Å². The van der Waals surface area contributed by atoms with Crippen LogP contribution in [-0.2, 0) is 16.1 Å². The van der Waals surface area contributed by atoms with Crippen molar-refractivity contribution in [2.24, 2.45) is 0 Å². The molecule has 0 atom stereocenters. The summed E-state index contributed by atoms with van der Waals surface area (Å²) < 4.78 is 8.05. The van der Waals surface area contributed by atoms with E-state index >= 15 is 0 Å². The van der Waals surface area contributed by atoms with Crippen LogP contribution in [0, 0.1) is 13.8 Å². The van der Waals surface area contributed by atoms with E-state index in [4.69, 9.17) is 16.3 Å². The Bertz CT molecular complexity index is 1370. The molecule has 4 aromatic rings. The molecule has 2 aromatic heterocycles. The number of ether oxygens (including phenoxy) is 1. The highest BCUT2D eigenvalue weighted by molar-refractivity contribution is 7.21. The first-order valence-electron chi connectivity index (χ1n) is 10.7. The number of rotatable bonds is 8. The van der Waals surface area contributed by atoms with Gasteiger partial charge in [-0.05, 0) is 31.5 Å². The minimum Gasteiger partial charge on any atom is -0.456 e. The molecule has 0 saturated heterocycles. The third-order valence-electron chi connectivity index (χ3n) is 5.56.